The van der Waals surface area contributed by atoms with Crippen LogP contribution in [0.1, 0.15) is 25.0 Å². The van der Waals surface area contributed by atoms with Crippen LogP contribution in [0.25, 0.3) is 0 Å². The highest BCUT2D eigenvalue weighted by Gasteiger charge is 2.13. The van der Waals surface area contributed by atoms with E-state index in [4.69, 9.17) is 14.2 Å². The molecule has 0 saturated carbocycles. The first-order chi connectivity index (χ1) is 15.0. The van der Waals surface area contributed by atoms with Crippen LogP contribution >= 0.6 is 24.0 Å². The van der Waals surface area contributed by atoms with Crippen LogP contribution in [0.3, 0.4) is 0 Å². The Morgan fingerprint density at radius 2 is 1.47 bits per heavy atom. The summed E-state index contributed by atoms with van der Waals surface area (Å²) in [5.41, 5.74) is 2.40. The number of anilines is 1. The molecule has 2 rings (SSSR count). The van der Waals surface area contributed by atoms with Crippen molar-refractivity contribution in [3.63, 3.8) is 0 Å². The van der Waals surface area contributed by atoms with Gasteiger partial charge in [-0.05, 0) is 49.2 Å². The number of nitrogens with zero attached hydrogens (tertiary/aromatic N) is 2. The van der Waals surface area contributed by atoms with Crippen LogP contribution in [0.15, 0.2) is 35.3 Å². The van der Waals surface area contributed by atoms with E-state index in [1.807, 2.05) is 43.0 Å². The van der Waals surface area contributed by atoms with Crippen molar-refractivity contribution in [3.05, 3.63) is 47.3 Å². The maximum Gasteiger partial charge on any atom is 0.203 e. The quantitative estimate of drug-likeness (QED) is 0.258. The van der Waals surface area contributed by atoms with Crippen LogP contribution in [-0.2, 0) is 13.1 Å². The van der Waals surface area contributed by atoms with Gasteiger partial charge in [-0.15, -0.1) is 24.0 Å². The number of methoxy groups -OCH3 is 3. The van der Waals surface area contributed by atoms with E-state index in [0.29, 0.717) is 42.0 Å². The molecule has 7 nitrogen and oxygen atoms in total. The summed E-state index contributed by atoms with van der Waals surface area (Å²) < 4.78 is 30.6. The molecule has 2 aromatic carbocycles. The fourth-order valence-corrected chi connectivity index (χ4v) is 3.31. The Kier molecular flexibility index (Phi) is 12.0. The molecule has 0 aliphatic carbocycles. The number of hydrogen-bond donors (Lipinski definition) is 2. The molecule has 0 aliphatic heterocycles. The number of guanidine groups is 1. The van der Waals surface area contributed by atoms with E-state index < -0.39 is 0 Å². The van der Waals surface area contributed by atoms with Gasteiger partial charge in [-0.25, -0.2) is 4.39 Å². The van der Waals surface area contributed by atoms with E-state index in [-0.39, 0.29) is 29.8 Å². The second kappa shape index (κ2) is 13.9. The standard InChI is InChI=1S/C23H33FN4O3.HI/c1-7-28(8-2)19-10-9-16(11-18(19)24)14-26-23(25-3)27-15-17-12-20(29-4)22(31-6)21(13-17)30-5;/h9-13H,7-8,14-15H2,1-6H3,(H2,25,26,27);1H. The predicted octanol–water partition coefficient (Wildman–Crippen LogP) is 4.18. The Labute approximate surface area is 207 Å². The summed E-state index contributed by atoms with van der Waals surface area (Å²) in [4.78, 5) is 6.23. The molecule has 0 atom stereocenters. The minimum absolute atomic E-state index is 0. The summed E-state index contributed by atoms with van der Waals surface area (Å²) in [6, 6.07) is 9.07. The van der Waals surface area contributed by atoms with Crippen molar-refractivity contribution in [2.45, 2.75) is 26.9 Å². The van der Waals surface area contributed by atoms with Crippen LogP contribution in [0, 0.1) is 5.82 Å². The minimum Gasteiger partial charge on any atom is -0.493 e. The molecule has 0 aromatic heterocycles. The molecule has 2 aromatic rings. The van der Waals surface area contributed by atoms with E-state index in [1.54, 1.807) is 34.4 Å². The van der Waals surface area contributed by atoms with E-state index in [9.17, 15) is 4.39 Å². The van der Waals surface area contributed by atoms with Gasteiger partial charge >= 0.3 is 0 Å². The normalized spacial score (nSPS) is 10.8. The lowest BCUT2D eigenvalue weighted by atomic mass is 10.1. The average Bonchev–Trinajstić information content (AvgIpc) is 2.80. The van der Waals surface area contributed by atoms with Crippen molar-refractivity contribution < 1.29 is 18.6 Å². The SMILES string of the molecule is CCN(CC)c1ccc(CNC(=NC)NCc2cc(OC)c(OC)c(OC)c2)cc1F.I. The molecule has 0 aliphatic rings. The van der Waals surface area contributed by atoms with Crippen molar-refractivity contribution in [3.8, 4) is 17.2 Å². The molecule has 0 fully saturated rings. The summed E-state index contributed by atoms with van der Waals surface area (Å²) in [5, 5.41) is 6.45. The summed E-state index contributed by atoms with van der Waals surface area (Å²) >= 11 is 0. The maximum absolute atomic E-state index is 14.5. The van der Waals surface area contributed by atoms with Gasteiger partial charge in [-0.3, -0.25) is 4.99 Å². The lowest BCUT2D eigenvalue weighted by molar-refractivity contribution is 0.323. The van der Waals surface area contributed by atoms with Crippen LogP contribution in [0.2, 0.25) is 0 Å². The fourth-order valence-electron chi connectivity index (χ4n) is 3.31. The monoisotopic (exact) mass is 560 g/mol. The molecule has 0 heterocycles. The van der Waals surface area contributed by atoms with Gasteiger partial charge in [-0.2, -0.15) is 0 Å². The smallest absolute Gasteiger partial charge is 0.203 e. The van der Waals surface area contributed by atoms with Gasteiger partial charge in [-0.1, -0.05) is 6.07 Å². The molecular weight excluding hydrogens is 526 g/mol. The van der Waals surface area contributed by atoms with Crippen LogP contribution in [0.4, 0.5) is 10.1 Å². The molecule has 0 amide bonds. The third kappa shape index (κ3) is 7.04. The zero-order chi connectivity index (χ0) is 22.8. The van der Waals surface area contributed by atoms with E-state index in [1.165, 1.54) is 0 Å². The van der Waals surface area contributed by atoms with Crippen molar-refractivity contribution in [2.24, 2.45) is 4.99 Å². The van der Waals surface area contributed by atoms with Gasteiger partial charge in [0.05, 0.1) is 27.0 Å². The van der Waals surface area contributed by atoms with Gasteiger partial charge in [0.2, 0.25) is 5.75 Å². The number of rotatable bonds is 10. The zero-order valence-electron chi connectivity index (χ0n) is 19.6. The Bertz CT molecular complexity index is 867. The highest BCUT2D eigenvalue weighted by Crippen LogP contribution is 2.38. The molecule has 0 saturated heterocycles. The van der Waals surface area contributed by atoms with E-state index in [0.717, 1.165) is 24.2 Å². The average molecular weight is 560 g/mol. The fraction of sp³-hybridized carbons (Fsp3) is 0.435. The lowest BCUT2D eigenvalue weighted by Crippen LogP contribution is -2.36. The Hall–Kier alpha value is -2.43. The largest absolute Gasteiger partial charge is 0.493 e. The Morgan fingerprint density at radius 1 is 0.906 bits per heavy atom. The predicted molar refractivity (Wildman–Crippen MR) is 139 cm³/mol. The molecule has 178 valence electrons. The molecule has 9 heteroatoms. The first-order valence-corrected chi connectivity index (χ1v) is 10.3. The number of nitrogens with one attached hydrogen (secondary N) is 2. The number of aliphatic imine (C=N–C) groups is 1. The van der Waals surface area contributed by atoms with Crippen molar-refractivity contribution in [2.75, 3.05) is 46.4 Å². The zero-order valence-corrected chi connectivity index (χ0v) is 22.0. The first kappa shape index (κ1) is 27.6. The van der Waals surface area contributed by atoms with Crippen molar-refractivity contribution in [1.82, 2.24) is 10.6 Å². The van der Waals surface area contributed by atoms with Gasteiger partial charge < -0.3 is 29.7 Å². The van der Waals surface area contributed by atoms with E-state index >= 15 is 0 Å². The highest BCUT2D eigenvalue weighted by molar-refractivity contribution is 14.0. The summed E-state index contributed by atoms with van der Waals surface area (Å²) in [7, 11) is 6.43. The van der Waals surface area contributed by atoms with Gasteiger partial charge in [0.1, 0.15) is 5.82 Å². The van der Waals surface area contributed by atoms with Crippen molar-refractivity contribution >= 4 is 35.6 Å². The van der Waals surface area contributed by atoms with Crippen LogP contribution in [-0.4, -0.2) is 47.4 Å². The van der Waals surface area contributed by atoms with Gasteiger partial charge in [0.25, 0.3) is 0 Å². The molecule has 0 unspecified atom stereocenters. The van der Waals surface area contributed by atoms with Crippen molar-refractivity contribution in [1.29, 1.82) is 0 Å². The second-order valence-corrected chi connectivity index (χ2v) is 6.77. The van der Waals surface area contributed by atoms with Gasteiger partial charge in [0.15, 0.2) is 17.5 Å². The molecule has 0 radical (unpaired) electrons. The molecule has 2 N–H and O–H groups in total. The number of ether oxygens (including phenoxy) is 3. The summed E-state index contributed by atoms with van der Waals surface area (Å²) in [6.45, 7) is 6.51. The minimum atomic E-state index is -0.219. The Balaban J connectivity index is 0.00000512. The molecule has 0 bridgehead atoms. The highest BCUT2D eigenvalue weighted by atomic mass is 127. The third-order valence-electron chi connectivity index (χ3n) is 4.98. The Morgan fingerprint density at radius 3 is 1.91 bits per heavy atom. The number of benzene rings is 2. The molecule has 0 spiro atoms. The first-order valence-electron chi connectivity index (χ1n) is 10.3. The number of hydrogen-bond acceptors (Lipinski definition) is 5. The van der Waals surface area contributed by atoms with Crippen LogP contribution in [0.5, 0.6) is 17.2 Å². The van der Waals surface area contributed by atoms with Gasteiger partial charge in [0, 0.05) is 33.2 Å². The number of halogens is 2. The summed E-state index contributed by atoms with van der Waals surface area (Å²) in [5.74, 6) is 2.10. The lowest BCUT2D eigenvalue weighted by Gasteiger charge is -2.22. The van der Waals surface area contributed by atoms with E-state index in [2.05, 4.69) is 15.6 Å². The summed E-state index contributed by atoms with van der Waals surface area (Å²) in [6.07, 6.45) is 0. The maximum atomic E-state index is 14.5. The third-order valence-corrected chi connectivity index (χ3v) is 4.98. The second-order valence-electron chi connectivity index (χ2n) is 6.77. The van der Waals surface area contributed by atoms with Crippen LogP contribution < -0.4 is 29.7 Å². The molecule has 32 heavy (non-hydrogen) atoms. The molecular formula is C23H34FIN4O3. The topological polar surface area (TPSA) is 67.4 Å².